The predicted octanol–water partition coefficient (Wildman–Crippen LogP) is 1.11. The van der Waals surface area contributed by atoms with E-state index in [4.69, 9.17) is 10.5 Å². The Morgan fingerprint density at radius 2 is 2.06 bits per heavy atom. The highest BCUT2D eigenvalue weighted by Gasteiger charge is 2.33. The minimum Gasteiger partial charge on any atom is -0.398 e. The van der Waals surface area contributed by atoms with Crippen LogP contribution in [-0.4, -0.2) is 27.2 Å². The Kier molecular flexibility index (Phi) is 3.89. The zero-order valence-corrected chi connectivity index (χ0v) is 11.1. The van der Waals surface area contributed by atoms with Gasteiger partial charge < -0.3 is 10.5 Å². The SMILES string of the molecule is CCOC1CC(NS(=O)(=O)c2ccccc2N)C1. The second-order valence-electron chi connectivity index (χ2n) is 4.40. The van der Waals surface area contributed by atoms with Gasteiger partial charge in [0.15, 0.2) is 0 Å². The fourth-order valence-corrected chi connectivity index (χ4v) is 3.44. The van der Waals surface area contributed by atoms with Crippen LogP contribution in [0.15, 0.2) is 29.2 Å². The van der Waals surface area contributed by atoms with E-state index in [0.29, 0.717) is 6.61 Å². The molecule has 0 aliphatic heterocycles. The van der Waals surface area contributed by atoms with Crippen LogP contribution < -0.4 is 10.5 Å². The predicted molar refractivity (Wildman–Crippen MR) is 69.6 cm³/mol. The highest BCUT2D eigenvalue weighted by molar-refractivity contribution is 7.89. The molecule has 0 radical (unpaired) electrons. The Bertz CT molecular complexity index is 510. The number of sulfonamides is 1. The summed E-state index contributed by atoms with van der Waals surface area (Å²) < 4.78 is 32.2. The molecule has 1 aliphatic rings. The van der Waals surface area contributed by atoms with E-state index in [1.807, 2.05) is 6.92 Å². The smallest absolute Gasteiger partial charge is 0.242 e. The molecule has 0 saturated heterocycles. The van der Waals surface area contributed by atoms with Gasteiger partial charge in [0, 0.05) is 12.6 Å². The van der Waals surface area contributed by atoms with E-state index >= 15 is 0 Å². The van der Waals surface area contributed by atoms with Crippen molar-refractivity contribution in [1.29, 1.82) is 0 Å². The summed E-state index contributed by atoms with van der Waals surface area (Å²) in [5.74, 6) is 0. The van der Waals surface area contributed by atoms with Crippen LogP contribution in [0, 0.1) is 0 Å². The zero-order valence-electron chi connectivity index (χ0n) is 10.3. The number of ether oxygens (including phenoxy) is 1. The van der Waals surface area contributed by atoms with Gasteiger partial charge in [0.1, 0.15) is 4.90 Å². The maximum Gasteiger partial charge on any atom is 0.242 e. The maximum atomic E-state index is 12.1. The topological polar surface area (TPSA) is 81.4 Å². The zero-order chi connectivity index (χ0) is 13.2. The van der Waals surface area contributed by atoms with Crippen molar-refractivity contribution in [3.63, 3.8) is 0 Å². The van der Waals surface area contributed by atoms with Crippen LogP contribution in [0.2, 0.25) is 0 Å². The van der Waals surface area contributed by atoms with Crippen LogP contribution in [0.1, 0.15) is 19.8 Å². The van der Waals surface area contributed by atoms with Crippen molar-refractivity contribution in [3.05, 3.63) is 24.3 Å². The molecule has 0 atom stereocenters. The van der Waals surface area contributed by atoms with Gasteiger partial charge in [0.2, 0.25) is 10.0 Å². The Balaban J connectivity index is 2.00. The molecule has 1 aromatic carbocycles. The van der Waals surface area contributed by atoms with Gasteiger partial charge in [-0.25, -0.2) is 13.1 Å². The van der Waals surface area contributed by atoms with Gasteiger partial charge in [0.25, 0.3) is 0 Å². The molecule has 0 bridgehead atoms. The lowest BCUT2D eigenvalue weighted by molar-refractivity contribution is -0.00475. The second kappa shape index (κ2) is 5.26. The van der Waals surface area contributed by atoms with Gasteiger partial charge in [-0.15, -0.1) is 0 Å². The first kappa shape index (κ1) is 13.3. The number of benzene rings is 1. The molecule has 0 heterocycles. The number of nitrogens with two attached hydrogens (primary N) is 1. The molecule has 6 heteroatoms. The maximum absolute atomic E-state index is 12.1. The number of hydrogen-bond donors (Lipinski definition) is 2. The van der Waals surface area contributed by atoms with Gasteiger partial charge in [-0.05, 0) is 31.9 Å². The summed E-state index contributed by atoms with van der Waals surface area (Å²) in [5.41, 5.74) is 5.94. The summed E-state index contributed by atoms with van der Waals surface area (Å²) in [4.78, 5) is 0.143. The van der Waals surface area contributed by atoms with E-state index in [1.54, 1.807) is 18.2 Å². The molecule has 3 N–H and O–H groups in total. The molecule has 18 heavy (non-hydrogen) atoms. The monoisotopic (exact) mass is 270 g/mol. The molecule has 0 spiro atoms. The van der Waals surface area contributed by atoms with E-state index in [-0.39, 0.29) is 22.7 Å². The molecule has 1 saturated carbocycles. The molecule has 0 aromatic heterocycles. The first-order valence-electron chi connectivity index (χ1n) is 6.01. The van der Waals surface area contributed by atoms with E-state index < -0.39 is 10.0 Å². The first-order chi connectivity index (χ1) is 8.53. The number of anilines is 1. The lowest BCUT2D eigenvalue weighted by atomic mass is 9.90. The standard InChI is InChI=1S/C12H18N2O3S/c1-2-17-10-7-9(8-10)14-18(15,16)12-6-4-3-5-11(12)13/h3-6,9-10,14H,2,7-8,13H2,1H3. The minimum atomic E-state index is -3.52. The summed E-state index contributed by atoms with van der Waals surface area (Å²) in [5, 5.41) is 0. The molecule has 0 amide bonds. The number of hydrogen-bond acceptors (Lipinski definition) is 4. The van der Waals surface area contributed by atoms with Crippen molar-refractivity contribution in [1.82, 2.24) is 4.72 Å². The average Bonchev–Trinajstić information content (AvgIpc) is 2.26. The summed E-state index contributed by atoms with van der Waals surface area (Å²) >= 11 is 0. The van der Waals surface area contributed by atoms with E-state index in [0.717, 1.165) is 12.8 Å². The highest BCUT2D eigenvalue weighted by Crippen LogP contribution is 2.26. The lowest BCUT2D eigenvalue weighted by Gasteiger charge is -2.35. The van der Waals surface area contributed by atoms with Crippen LogP contribution in [-0.2, 0) is 14.8 Å². The molecular weight excluding hydrogens is 252 g/mol. The Morgan fingerprint density at radius 3 is 2.67 bits per heavy atom. The van der Waals surface area contributed by atoms with Crippen LogP contribution in [0.5, 0.6) is 0 Å². The fourth-order valence-electron chi connectivity index (χ4n) is 2.04. The number of para-hydroxylation sites is 1. The summed E-state index contributed by atoms with van der Waals surface area (Å²) in [6, 6.07) is 6.41. The molecule has 5 nitrogen and oxygen atoms in total. The third kappa shape index (κ3) is 2.82. The van der Waals surface area contributed by atoms with Gasteiger partial charge in [-0.2, -0.15) is 0 Å². The first-order valence-corrected chi connectivity index (χ1v) is 7.49. The quantitative estimate of drug-likeness (QED) is 0.785. The van der Waals surface area contributed by atoms with Crippen molar-refractivity contribution in [2.75, 3.05) is 12.3 Å². The minimum absolute atomic E-state index is 0.0499. The largest absolute Gasteiger partial charge is 0.398 e. The van der Waals surface area contributed by atoms with Crippen molar-refractivity contribution >= 4 is 15.7 Å². The second-order valence-corrected chi connectivity index (χ2v) is 6.09. The van der Waals surface area contributed by atoms with E-state index in [2.05, 4.69) is 4.72 Å². The van der Waals surface area contributed by atoms with Crippen LogP contribution in [0.25, 0.3) is 0 Å². The molecule has 1 aliphatic carbocycles. The van der Waals surface area contributed by atoms with Crippen molar-refractivity contribution in [3.8, 4) is 0 Å². The summed E-state index contributed by atoms with van der Waals surface area (Å²) in [6.07, 6.45) is 1.62. The van der Waals surface area contributed by atoms with Gasteiger partial charge in [-0.3, -0.25) is 0 Å². The number of nitrogen functional groups attached to an aromatic ring is 1. The Hall–Kier alpha value is -1.11. The normalized spacial score (nSPS) is 23.6. The molecule has 1 aromatic rings. The number of rotatable bonds is 5. The van der Waals surface area contributed by atoms with Gasteiger partial charge in [-0.1, -0.05) is 12.1 Å². The van der Waals surface area contributed by atoms with Gasteiger partial charge >= 0.3 is 0 Å². The Labute approximate surface area is 107 Å². The van der Waals surface area contributed by atoms with Crippen molar-refractivity contribution < 1.29 is 13.2 Å². The van der Waals surface area contributed by atoms with Crippen molar-refractivity contribution in [2.24, 2.45) is 0 Å². The fraction of sp³-hybridized carbons (Fsp3) is 0.500. The summed E-state index contributed by atoms with van der Waals surface area (Å²) in [6.45, 7) is 2.60. The van der Waals surface area contributed by atoms with E-state index in [1.165, 1.54) is 6.07 Å². The molecule has 1 fully saturated rings. The van der Waals surface area contributed by atoms with Crippen molar-refractivity contribution in [2.45, 2.75) is 36.8 Å². The molecule has 2 rings (SSSR count). The van der Waals surface area contributed by atoms with Gasteiger partial charge in [0.05, 0.1) is 11.8 Å². The lowest BCUT2D eigenvalue weighted by Crippen LogP contribution is -2.47. The molecule has 0 unspecified atom stereocenters. The average molecular weight is 270 g/mol. The van der Waals surface area contributed by atoms with Crippen LogP contribution in [0.3, 0.4) is 0 Å². The molecule has 100 valence electrons. The van der Waals surface area contributed by atoms with E-state index in [9.17, 15) is 8.42 Å². The molecular formula is C12H18N2O3S. The third-order valence-electron chi connectivity index (χ3n) is 3.03. The highest BCUT2D eigenvalue weighted by atomic mass is 32.2. The van der Waals surface area contributed by atoms with Crippen LogP contribution >= 0.6 is 0 Å². The Morgan fingerprint density at radius 1 is 1.39 bits per heavy atom. The third-order valence-corrected chi connectivity index (χ3v) is 4.62. The van der Waals surface area contributed by atoms with Crippen LogP contribution in [0.4, 0.5) is 5.69 Å². The summed E-state index contributed by atoms with van der Waals surface area (Å²) in [7, 11) is -3.52. The number of nitrogens with one attached hydrogen (secondary N) is 1.